The summed E-state index contributed by atoms with van der Waals surface area (Å²) in [5.41, 5.74) is 1.06. The quantitative estimate of drug-likeness (QED) is 0.621. The lowest BCUT2D eigenvalue weighted by molar-refractivity contribution is -0.131. The molecule has 0 aliphatic rings. The Morgan fingerprint density at radius 2 is 1.73 bits per heavy atom. The van der Waals surface area contributed by atoms with Gasteiger partial charge in [-0.2, -0.15) is 0 Å². The Hall–Kier alpha value is -0.790. The monoisotopic (exact) mass is 156 g/mol. The largest absolute Gasteiger partial charge is 0.478 e. The van der Waals surface area contributed by atoms with Crippen molar-refractivity contribution in [3.8, 4) is 0 Å². The summed E-state index contributed by atoms with van der Waals surface area (Å²) < 4.78 is 0. The number of aliphatic carboxylic acids is 1. The number of carboxylic acid groups (broad SMARTS) is 1. The van der Waals surface area contributed by atoms with Gasteiger partial charge in [-0.15, -0.1) is 0 Å². The number of hydrogen-bond donors (Lipinski definition) is 1. The van der Waals surface area contributed by atoms with E-state index in [-0.39, 0.29) is 0 Å². The van der Waals surface area contributed by atoms with Crippen LogP contribution >= 0.6 is 0 Å². The lowest BCUT2D eigenvalue weighted by Crippen LogP contribution is -1.92. The van der Waals surface area contributed by atoms with Crippen molar-refractivity contribution in [1.82, 2.24) is 0 Å². The van der Waals surface area contributed by atoms with Gasteiger partial charge in [0.1, 0.15) is 0 Å². The van der Waals surface area contributed by atoms with E-state index in [1.807, 2.05) is 0 Å². The molecular weight excluding hydrogens is 140 g/mol. The molecule has 0 aliphatic carbocycles. The van der Waals surface area contributed by atoms with E-state index >= 15 is 0 Å². The molecule has 2 nitrogen and oxygen atoms in total. The minimum Gasteiger partial charge on any atom is -0.478 e. The summed E-state index contributed by atoms with van der Waals surface area (Å²) in [4.78, 5) is 10.3. The number of carboxylic acids is 1. The van der Waals surface area contributed by atoms with Gasteiger partial charge in [-0.05, 0) is 12.8 Å². The van der Waals surface area contributed by atoms with Crippen LogP contribution in [0.2, 0.25) is 0 Å². The molecule has 64 valence electrons. The average Bonchev–Trinajstić information content (AvgIpc) is 1.87. The van der Waals surface area contributed by atoms with Crippen LogP contribution in [-0.4, -0.2) is 11.1 Å². The van der Waals surface area contributed by atoms with E-state index in [1.54, 1.807) is 0 Å². The zero-order valence-electron chi connectivity index (χ0n) is 7.26. The molecular formula is C9H16O2. The molecule has 0 fully saturated rings. The zero-order chi connectivity index (χ0) is 8.69. The van der Waals surface area contributed by atoms with Gasteiger partial charge in [0.2, 0.25) is 0 Å². The lowest BCUT2D eigenvalue weighted by Gasteiger charge is -2.01. The van der Waals surface area contributed by atoms with Crippen LogP contribution in [0.15, 0.2) is 11.6 Å². The molecule has 0 saturated heterocycles. The highest BCUT2D eigenvalue weighted by atomic mass is 16.4. The van der Waals surface area contributed by atoms with Crippen LogP contribution < -0.4 is 0 Å². The van der Waals surface area contributed by atoms with Crippen molar-refractivity contribution >= 4 is 5.97 Å². The summed E-state index contributed by atoms with van der Waals surface area (Å²) in [6.07, 6.45) is 5.23. The van der Waals surface area contributed by atoms with Crippen molar-refractivity contribution in [2.24, 2.45) is 0 Å². The van der Waals surface area contributed by atoms with E-state index in [0.717, 1.165) is 31.3 Å². The number of carbonyl (C=O) groups is 1. The maximum atomic E-state index is 10.3. The smallest absolute Gasteiger partial charge is 0.328 e. The predicted molar refractivity (Wildman–Crippen MR) is 45.5 cm³/mol. The molecule has 0 heterocycles. The number of allylic oxidation sites excluding steroid dienone is 1. The van der Waals surface area contributed by atoms with Gasteiger partial charge in [-0.25, -0.2) is 4.79 Å². The van der Waals surface area contributed by atoms with E-state index in [9.17, 15) is 4.79 Å². The topological polar surface area (TPSA) is 37.3 Å². The maximum absolute atomic E-state index is 10.3. The fourth-order valence-electron chi connectivity index (χ4n) is 1.09. The molecule has 0 aromatic rings. The fourth-order valence-corrected chi connectivity index (χ4v) is 1.09. The van der Waals surface area contributed by atoms with Crippen molar-refractivity contribution in [1.29, 1.82) is 0 Å². The molecule has 2 heteroatoms. The van der Waals surface area contributed by atoms with Crippen molar-refractivity contribution in [2.45, 2.75) is 39.5 Å². The molecule has 0 aliphatic heterocycles. The molecule has 1 N–H and O–H groups in total. The number of hydrogen-bond acceptors (Lipinski definition) is 1. The van der Waals surface area contributed by atoms with E-state index in [1.165, 1.54) is 6.08 Å². The highest BCUT2D eigenvalue weighted by Gasteiger charge is 1.97. The molecule has 0 atom stereocenters. The molecule has 0 rings (SSSR count). The first-order valence-electron chi connectivity index (χ1n) is 4.13. The van der Waals surface area contributed by atoms with Gasteiger partial charge in [0, 0.05) is 6.08 Å². The van der Waals surface area contributed by atoms with Gasteiger partial charge in [0.15, 0.2) is 0 Å². The Labute approximate surface area is 67.9 Å². The first-order chi connectivity index (χ1) is 5.20. The normalized spacial score (nSPS) is 9.27. The van der Waals surface area contributed by atoms with Crippen LogP contribution in [0.5, 0.6) is 0 Å². The third-order valence-electron chi connectivity index (χ3n) is 1.47. The van der Waals surface area contributed by atoms with E-state index < -0.39 is 5.97 Å². The molecule has 0 saturated carbocycles. The molecule has 0 bridgehead atoms. The second-order valence-electron chi connectivity index (χ2n) is 2.64. The highest BCUT2D eigenvalue weighted by Crippen LogP contribution is 2.11. The summed E-state index contributed by atoms with van der Waals surface area (Å²) in [5, 5.41) is 8.46. The molecule has 0 spiro atoms. The Morgan fingerprint density at radius 1 is 1.27 bits per heavy atom. The van der Waals surface area contributed by atoms with Gasteiger partial charge in [-0.1, -0.05) is 32.3 Å². The van der Waals surface area contributed by atoms with Gasteiger partial charge in [-0.3, -0.25) is 0 Å². The van der Waals surface area contributed by atoms with Crippen LogP contribution in [-0.2, 0) is 4.79 Å². The van der Waals surface area contributed by atoms with Gasteiger partial charge < -0.3 is 5.11 Å². The predicted octanol–water partition coefficient (Wildman–Crippen LogP) is 2.60. The molecule has 0 amide bonds. The van der Waals surface area contributed by atoms with Crippen LogP contribution in [0.1, 0.15) is 39.5 Å². The van der Waals surface area contributed by atoms with Crippen LogP contribution in [0.4, 0.5) is 0 Å². The van der Waals surface area contributed by atoms with Gasteiger partial charge in [0.25, 0.3) is 0 Å². The third-order valence-corrected chi connectivity index (χ3v) is 1.47. The van der Waals surface area contributed by atoms with E-state index in [4.69, 9.17) is 5.11 Å². The standard InChI is InChI=1S/C9H16O2/c1-3-5-8(6-4-2)7-9(10)11/h7H,3-6H2,1-2H3,(H,10,11). The summed E-state index contributed by atoms with van der Waals surface area (Å²) >= 11 is 0. The minimum absolute atomic E-state index is 0.818. The van der Waals surface area contributed by atoms with Crippen molar-refractivity contribution < 1.29 is 9.90 Å². The minimum atomic E-state index is -0.818. The second kappa shape index (κ2) is 5.96. The Bertz CT molecular complexity index is 140. The zero-order valence-corrected chi connectivity index (χ0v) is 7.26. The Kier molecular flexibility index (Phi) is 5.53. The summed E-state index contributed by atoms with van der Waals surface area (Å²) in [6.45, 7) is 4.12. The summed E-state index contributed by atoms with van der Waals surface area (Å²) in [7, 11) is 0. The SMILES string of the molecule is CCCC(=CC(=O)O)CCC. The maximum Gasteiger partial charge on any atom is 0.328 e. The summed E-state index contributed by atoms with van der Waals surface area (Å²) in [5.74, 6) is -0.818. The summed E-state index contributed by atoms with van der Waals surface area (Å²) in [6, 6.07) is 0. The van der Waals surface area contributed by atoms with Crippen LogP contribution in [0, 0.1) is 0 Å². The third kappa shape index (κ3) is 5.64. The van der Waals surface area contributed by atoms with Gasteiger partial charge in [0.05, 0.1) is 0 Å². The number of rotatable bonds is 5. The van der Waals surface area contributed by atoms with Gasteiger partial charge >= 0.3 is 5.97 Å². The van der Waals surface area contributed by atoms with E-state index in [2.05, 4.69) is 13.8 Å². The lowest BCUT2D eigenvalue weighted by atomic mass is 10.1. The molecule has 0 aromatic heterocycles. The fraction of sp³-hybridized carbons (Fsp3) is 0.667. The van der Waals surface area contributed by atoms with Crippen molar-refractivity contribution in [2.75, 3.05) is 0 Å². The highest BCUT2D eigenvalue weighted by molar-refractivity contribution is 5.80. The first-order valence-corrected chi connectivity index (χ1v) is 4.13. The van der Waals surface area contributed by atoms with Crippen LogP contribution in [0.3, 0.4) is 0 Å². The molecule has 0 radical (unpaired) electrons. The molecule has 0 aromatic carbocycles. The Morgan fingerprint density at radius 3 is 2.00 bits per heavy atom. The van der Waals surface area contributed by atoms with Crippen molar-refractivity contribution in [3.05, 3.63) is 11.6 Å². The second-order valence-corrected chi connectivity index (χ2v) is 2.64. The van der Waals surface area contributed by atoms with Crippen molar-refractivity contribution in [3.63, 3.8) is 0 Å². The first kappa shape index (κ1) is 10.2. The Balaban J connectivity index is 3.96. The van der Waals surface area contributed by atoms with Crippen LogP contribution in [0.25, 0.3) is 0 Å². The molecule has 11 heavy (non-hydrogen) atoms. The van der Waals surface area contributed by atoms with E-state index in [0.29, 0.717) is 0 Å². The molecule has 0 unspecified atom stereocenters. The average molecular weight is 156 g/mol.